The highest BCUT2D eigenvalue weighted by atomic mass is 16.5. The molecule has 0 unspecified atom stereocenters. The first kappa shape index (κ1) is 18.1. The number of anilines is 4. The minimum atomic E-state index is 0.127. The fourth-order valence-electron chi connectivity index (χ4n) is 3.43. The number of carbonyl (C=O) groups is 1. The fourth-order valence-corrected chi connectivity index (χ4v) is 3.43. The van der Waals surface area contributed by atoms with E-state index in [1.165, 1.54) is 6.33 Å². The minimum Gasteiger partial charge on any atom is -0.494 e. The molecule has 3 heterocycles. The zero-order valence-electron chi connectivity index (χ0n) is 16.1. The van der Waals surface area contributed by atoms with Gasteiger partial charge in [-0.05, 0) is 12.1 Å². The normalized spacial score (nSPS) is 15.9. The highest BCUT2D eigenvalue weighted by molar-refractivity contribution is 5.75. The van der Waals surface area contributed by atoms with Gasteiger partial charge in [-0.25, -0.2) is 9.97 Å². The van der Waals surface area contributed by atoms with E-state index in [0.717, 1.165) is 44.1 Å². The van der Waals surface area contributed by atoms with Crippen LogP contribution in [-0.2, 0) is 4.79 Å². The molecule has 0 aliphatic carbocycles. The number of ether oxygens (including phenoxy) is 2. The molecular weight excluding hydrogens is 360 g/mol. The van der Waals surface area contributed by atoms with Crippen LogP contribution < -0.4 is 25.0 Å². The Hall–Kier alpha value is -3.23. The van der Waals surface area contributed by atoms with E-state index >= 15 is 0 Å². The quantitative estimate of drug-likeness (QED) is 0.823. The number of benzene rings is 1. The number of aromatic nitrogens is 2. The van der Waals surface area contributed by atoms with Gasteiger partial charge in [0.05, 0.1) is 19.3 Å². The van der Waals surface area contributed by atoms with Crippen LogP contribution in [0, 0.1) is 0 Å². The standard InChI is InChI=1S/C19H24N6O3/c1-13(26)24-6-8-25(9-7-24)14-3-4-15(16(11-14)27-2)23-19-17-18(21-12-22-19)20-5-10-28-17/h3-4,11-12H,5-10H2,1-2H3,(H2,20,21,22,23). The molecular formula is C19H24N6O3. The molecule has 1 amide bonds. The number of fused-ring (bicyclic) bond motifs is 1. The van der Waals surface area contributed by atoms with Crippen molar-refractivity contribution in [3.63, 3.8) is 0 Å². The molecule has 2 aliphatic rings. The predicted molar refractivity (Wildman–Crippen MR) is 107 cm³/mol. The Bertz CT molecular complexity index is 867. The Morgan fingerprint density at radius 3 is 2.82 bits per heavy atom. The van der Waals surface area contributed by atoms with Crippen molar-refractivity contribution in [2.75, 3.05) is 62.0 Å². The molecule has 9 nitrogen and oxygen atoms in total. The summed E-state index contributed by atoms with van der Waals surface area (Å²) in [5.41, 5.74) is 1.86. The van der Waals surface area contributed by atoms with Crippen LogP contribution in [0.5, 0.6) is 11.5 Å². The van der Waals surface area contributed by atoms with Gasteiger partial charge >= 0.3 is 0 Å². The van der Waals surface area contributed by atoms with Crippen LogP contribution in [0.1, 0.15) is 6.92 Å². The SMILES string of the molecule is COc1cc(N2CCN(C(C)=O)CC2)ccc1Nc1ncnc2c1OCCN2. The van der Waals surface area contributed by atoms with Crippen molar-refractivity contribution < 1.29 is 14.3 Å². The van der Waals surface area contributed by atoms with E-state index in [-0.39, 0.29) is 5.91 Å². The summed E-state index contributed by atoms with van der Waals surface area (Å²) in [5.74, 6) is 2.73. The van der Waals surface area contributed by atoms with Gasteiger partial charge in [-0.3, -0.25) is 4.79 Å². The third-order valence-corrected chi connectivity index (χ3v) is 4.97. The molecule has 1 aromatic heterocycles. The van der Waals surface area contributed by atoms with Crippen molar-refractivity contribution >= 4 is 28.9 Å². The molecule has 0 atom stereocenters. The number of rotatable bonds is 4. The number of hydrogen-bond donors (Lipinski definition) is 2. The smallest absolute Gasteiger partial charge is 0.219 e. The van der Waals surface area contributed by atoms with Gasteiger partial charge < -0.3 is 29.9 Å². The van der Waals surface area contributed by atoms with Crippen molar-refractivity contribution in [2.45, 2.75) is 6.92 Å². The first-order valence-electron chi connectivity index (χ1n) is 9.33. The molecule has 1 aromatic carbocycles. The van der Waals surface area contributed by atoms with E-state index in [2.05, 4.69) is 25.5 Å². The van der Waals surface area contributed by atoms with Gasteiger partial charge in [0, 0.05) is 44.9 Å². The largest absolute Gasteiger partial charge is 0.494 e. The van der Waals surface area contributed by atoms with E-state index in [4.69, 9.17) is 9.47 Å². The Kier molecular flexibility index (Phi) is 5.05. The highest BCUT2D eigenvalue weighted by Crippen LogP contribution is 2.37. The topological polar surface area (TPSA) is 91.9 Å². The lowest BCUT2D eigenvalue weighted by molar-refractivity contribution is -0.129. The van der Waals surface area contributed by atoms with Crippen molar-refractivity contribution in [3.8, 4) is 11.5 Å². The van der Waals surface area contributed by atoms with Gasteiger partial charge in [0.25, 0.3) is 0 Å². The summed E-state index contributed by atoms with van der Waals surface area (Å²) in [6.45, 7) is 5.97. The summed E-state index contributed by atoms with van der Waals surface area (Å²) in [5, 5.41) is 6.49. The number of piperazine rings is 1. The molecule has 0 saturated carbocycles. The average Bonchev–Trinajstić information content (AvgIpc) is 2.74. The monoisotopic (exact) mass is 384 g/mol. The maximum atomic E-state index is 11.5. The minimum absolute atomic E-state index is 0.127. The second kappa shape index (κ2) is 7.79. The molecule has 148 valence electrons. The third-order valence-electron chi connectivity index (χ3n) is 4.97. The van der Waals surface area contributed by atoms with Crippen molar-refractivity contribution in [3.05, 3.63) is 24.5 Å². The van der Waals surface area contributed by atoms with Crippen LogP contribution in [0.2, 0.25) is 0 Å². The molecule has 9 heteroatoms. The van der Waals surface area contributed by atoms with Crippen LogP contribution >= 0.6 is 0 Å². The van der Waals surface area contributed by atoms with E-state index in [1.807, 2.05) is 23.1 Å². The van der Waals surface area contributed by atoms with Crippen LogP contribution in [0.25, 0.3) is 0 Å². The van der Waals surface area contributed by atoms with Crippen LogP contribution in [-0.4, -0.2) is 67.2 Å². The molecule has 1 saturated heterocycles. The van der Waals surface area contributed by atoms with Crippen molar-refractivity contribution in [1.82, 2.24) is 14.9 Å². The highest BCUT2D eigenvalue weighted by Gasteiger charge is 2.21. The van der Waals surface area contributed by atoms with Crippen LogP contribution in [0.3, 0.4) is 0 Å². The zero-order chi connectivity index (χ0) is 19.5. The molecule has 1 fully saturated rings. The number of hydrogen-bond acceptors (Lipinski definition) is 8. The van der Waals surface area contributed by atoms with Gasteiger partial charge in [0.15, 0.2) is 11.6 Å². The number of methoxy groups -OCH3 is 1. The first-order valence-corrected chi connectivity index (χ1v) is 9.33. The van der Waals surface area contributed by atoms with E-state index in [0.29, 0.717) is 29.7 Å². The molecule has 28 heavy (non-hydrogen) atoms. The number of amides is 1. The third kappa shape index (κ3) is 3.60. The molecule has 0 spiro atoms. The lowest BCUT2D eigenvalue weighted by atomic mass is 10.2. The summed E-state index contributed by atoms with van der Waals surface area (Å²) < 4.78 is 11.3. The Morgan fingerprint density at radius 1 is 1.25 bits per heavy atom. The number of carbonyl (C=O) groups excluding carboxylic acids is 1. The Balaban J connectivity index is 1.53. The van der Waals surface area contributed by atoms with Crippen molar-refractivity contribution in [2.24, 2.45) is 0 Å². The Morgan fingerprint density at radius 2 is 2.07 bits per heavy atom. The summed E-state index contributed by atoms with van der Waals surface area (Å²) in [6, 6.07) is 6.01. The van der Waals surface area contributed by atoms with E-state index in [9.17, 15) is 4.79 Å². The van der Waals surface area contributed by atoms with Gasteiger partial charge in [0.1, 0.15) is 18.7 Å². The molecule has 0 radical (unpaired) electrons. The summed E-state index contributed by atoms with van der Waals surface area (Å²) in [6.07, 6.45) is 1.50. The van der Waals surface area contributed by atoms with Gasteiger partial charge in [0.2, 0.25) is 11.7 Å². The summed E-state index contributed by atoms with van der Waals surface area (Å²) in [7, 11) is 1.64. The number of nitrogens with one attached hydrogen (secondary N) is 2. The van der Waals surface area contributed by atoms with Crippen LogP contribution in [0.4, 0.5) is 23.0 Å². The zero-order valence-corrected chi connectivity index (χ0v) is 16.1. The summed E-state index contributed by atoms with van der Waals surface area (Å²) >= 11 is 0. The maximum absolute atomic E-state index is 11.5. The van der Waals surface area contributed by atoms with E-state index in [1.54, 1.807) is 14.0 Å². The lowest BCUT2D eigenvalue weighted by Gasteiger charge is -2.35. The lowest BCUT2D eigenvalue weighted by Crippen LogP contribution is -2.48. The fraction of sp³-hybridized carbons (Fsp3) is 0.421. The molecule has 2 aromatic rings. The molecule has 2 N–H and O–H groups in total. The molecule has 2 aliphatic heterocycles. The van der Waals surface area contributed by atoms with Gasteiger partial charge in [-0.15, -0.1) is 0 Å². The molecule has 0 bridgehead atoms. The van der Waals surface area contributed by atoms with E-state index < -0.39 is 0 Å². The maximum Gasteiger partial charge on any atom is 0.219 e. The average molecular weight is 384 g/mol. The summed E-state index contributed by atoms with van der Waals surface area (Å²) in [4.78, 5) is 24.2. The second-order valence-electron chi connectivity index (χ2n) is 6.68. The predicted octanol–water partition coefficient (Wildman–Crippen LogP) is 1.70. The molecule has 4 rings (SSSR count). The van der Waals surface area contributed by atoms with Crippen LogP contribution in [0.15, 0.2) is 24.5 Å². The second-order valence-corrected chi connectivity index (χ2v) is 6.68. The first-order chi connectivity index (χ1) is 13.7. The van der Waals surface area contributed by atoms with Gasteiger partial charge in [-0.2, -0.15) is 0 Å². The van der Waals surface area contributed by atoms with Gasteiger partial charge in [-0.1, -0.05) is 0 Å². The Labute approximate surface area is 163 Å². The van der Waals surface area contributed by atoms with Crippen molar-refractivity contribution in [1.29, 1.82) is 0 Å². The number of nitrogens with zero attached hydrogens (tertiary/aromatic N) is 4.